The normalized spacial score (nSPS) is 15.0. The van der Waals surface area contributed by atoms with E-state index in [9.17, 15) is 0 Å². The molecule has 0 amide bonds. The number of hydrogen-bond acceptors (Lipinski definition) is 1. The standard InChI is InChI=1S/C11H15N/c1-3-9-4-5-10-6-7-12(2)11(10)8-9/h4-5,8H,3,6-7H2,1-2H3. The van der Waals surface area contributed by atoms with Gasteiger partial charge in [0.15, 0.2) is 0 Å². The zero-order valence-corrected chi connectivity index (χ0v) is 7.80. The molecule has 0 N–H and O–H groups in total. The average Bonchev–Trinajstić information content (AvgIpc) is 2.47. The van der Waals surface area contributed by atoms with Gasteiger partial charge in [0.1, 0.15) is 0 Å². The van der Waals surface area contributed by atoms with Crippen molar-refractivity contribution in [2.45, 2.75) is 19.8 Å². The molecule has 1 heterocycles. The van der Waals surface area contributed by atoms with Crippen LogP contribution in [0.4, 0.5) is 5.69 Å². The molecule has 0 bridgehead atoms. The SMILES string of the molecule is CCc1ccc2c(c1)N(C)CC2. The van der Waals surface area contributed by atoms with E-state index in [4.69, 9.17) is 0 Å². The van der Waals surface area contributed by atoms with Crippen LogP contribution in [0, 0.1) is 0 Å². The van der Waals surface area contributed by atoms with E-state index < -0.39 is 0 Å². The molecule has 0 spiro atoms. The van der Waals surface area contributed by atoms with Crippen LogP contribution in [0.15, 0.2) is 18.2 Å². The number of rotatable bonds is 1. The first-order chi connectivity index (χ1) is 5.81. The van der Waals surface area contributed by atoms with Crippen molar-refractivity contribution < 1.29 is 0 Å². The van der Waals surface area contributed by atoms with E-state index in [1.54, 1.807) is 0 Å². The molecule has 1 aliphatic rings. The van der Waals surface area contributed by atoms with Crippen LogP contribution in [0.25, 0.3) is 0 Å². The highest BCUT2D eigenvalue weighted by Gasteiger charge is 2.14. The first-order valence-electron chi connectivity index (χ1n) is 4.64. The molecule has 12 heavy (non-hydrogen) atoms. The molecule has 2 rings (SSSR count). The molecule has 64 valence electrons. The van der Waals surface area contributed by atoms with Gasteiger partial charge in [0.05, 0.1) is 0 Å². The van der Waals surface area contributed by atoms with Crippen molar-refractivity contribution in [2.75, 3.05) is 18.5 Å². The van der Waals surface area contributed by atoms with E-state index >= 15 is 0 Å². The van der Waals surface area contributed by atoms with Crippen molar-refractivity contribution in [3.8, 4) is 0 Å². The summed E-state index contributed by atoms with van der Waals surface area (Å²) in [5.41, 5.74) is 4.39. The number of likely N-dealkylation sites (N-methyl/N-ethyl adjacent to an activating group) is 1. The Morgan fingerprint density at radius 3 is 3.00 bits per heavy atom. The highest BCUT2D eigenvalue weighted by Crippen LogP contribution is 2.27. The highest BCUT2D eigenvalue weighted by atomic mass is 15.1. The number of aryl methyl sites for hydroxylation is 1. The summed E-state index contributed by atoms with van der Waals surface area (Å²) < 4.78 is 0. The lowest BCUT2D eigenvalue weighted by Crippen LogP contribution is -2.12. The van der Waals surface area contributed by atoms with Crippen molar-refractivity contribution in [1.29, 1.82) is 0 Å². The average molecular weight is 161 g/mol. The smallest absolute Gasteiger partial charge is 0.0399 e. The Kier molecular flexibility index (Phi) is 1.80. The monoisotopic (exact) mass is 161 g/mol. The molecule has 0 fully saturated rings. The van der Waals surface area contributed by atoms with Crippen LogP contribution < -0.4 is 4.90 Å². The second kappa shape index (κ2) is 2.81. The summed E-state index contributed by atoms with van der Waals surface area (Å²) in [6.45, 7) is 3.39. The van der Waals surface area contributed by atoms with E-state index in [1.165, 1.54) is 29.8 Å². The molecule has 1 aromatic carbocycles. The van der Waals surface area contributed by atoms with Crippen LogP contribution in [-0.2, 0) is 12.8 Å². The molecular weight excluding hydrogens is 146 g/mol. The van der Waals surface area contributed by atoms with Gasteiger partial charge in [-0.3, -0.25) is 0 Å². The molecule has 1 nitrogen and oxygen atoms in total. The Balaban J connectivity index is 2.43. The molecule has 0 aromatic heterocycles. The predicted octanol–water partition coefficient (Wildman–Crippen LogP) is 2.24. The summed E-state index contributed by atoms with van der Waals surface area (Å²) in [4.78, 5) is 2.34. The third-order valence-electron chi connectivity index (χ3n) is 2.69. The Labute approximate surface area is 74.0 Å². The molecule has 0 saturated heterocycles. The van der Waals surface area contributed by atoms with E-state index in [1.807, 2.05) is 0 Å². The van der Waals surface area contributed by atoms with Crippen molar-refractivity contribution in [2.24, 2.45) is 0 Å². The van der Waals surface area contributed by atoms with Gasteiger partial charge in [0.25, 0.3) is 0 Å². The van der Waals surface area contributed by atoms with Crippen molar-refractivity contribution in [1.82, 2.24) is 0 Å². The zero-order chi connectivity index (χ0) is 8.55. The predicted molar refractivity (Wildman–Crippen MR) is 52.8 cm³/mol. The molecule has 1 heteroatoms. The second-order valence-electron chi connectivity index (χ2n) is 3.49. The van der Waals surface area contributed by atoms with Gasteiger partial charge in [-0.2, -0.15) is 0 Å². The summed E-state index contributed by atoms with van der Waals surface area (Å²) in [6, 6.07) is 6.85. The van der Waals surface area contributed by atoms with E-state index in [0.717, 1.165) is 6.42 Å². The van der Waals surface area contributed by atoms with Crippen LogP contribution in [0.2, 0.25) is 0 Å². The lowest BCUT2D eigenvalue weighted by molar-refractivity contribution is 0.955. The van der Waals surface area contributed by atoms with Crippen molar-refractivity contribution >= 4 is 5.69 Å². The van der Waals surface area contributed by atoms with Crippen molar-refractivity contribution in [3.05, 3.63) is 29.3 Å². The Morgan fingerprint density at radius 2 is 2.25 bits per heavy atom. The largest absolute Gasteiger partial charge is 0.374 e. The van der Waals surface area contributed by atoms with Crippen LogP contribution >= 0.6 is 0 Å². The minimum atomic E-state index is 1.14. The first kappa shape index (κ1) is 7.66. The molecule has 0 aliphatic carbocycles. The number of anilines is 1. The first-order valence-corrected chi connectivity index (χ1v) is 4.64. The third-order valence-corrected chi connectivity index (χ3v) is 2.69. The van der Waals surface area contributed by atoms with Crippen molar-refractivity contribution in [3.63, 3.8) is 0 Å². The fourth-order valence-electron chi connectivity index (χ4n) is 1.80. The van der Waals surface area contributed by atoms with Gasteiger partial charge in [-0.15, -0.1) is 0 Å². The highest BCUT2D eigenvalue weighted by molar-refractivity contribution is 5.58. The summed E-state index contributed by atoms with van der Waals surface area (Å²) in [5, 5.41) is 0. The molecular formula is C11H15N. The quantitative estimate of drug-likeness (QED) is 0.610. The van der Waals surface area contributed by atoms with Gasteiger partial charge in [-0.25, -0.2) is 0 Å². The summed E-state index contributed by atoms with van der Waals surface area (Å²) >= 11 is 0. The summed E-state index contributed by atoms with van der Waals surface area (Å²) in [6.07, 6.45) is 2.36. The molecule has 0 radical (unpaired) electrons. The van der Waals surface area contributed by atoms with Crippen LogP contribution in [0.1, 0.15) is 18.1 Å². The number of nitrogens with zero attached hydrogens (tertiary/aromatic N) is 1. The fourth-order valence-corrected chi connectivity index (χ4v) is 1.80. The van der Waals surface area contributed by atoms with Crippen LogP contribution in [-0.4, -0.2) is 13.6 Å². The molecule has 0 unspecified atom stereocenters. The minimum Gasteiger partial charge on any atom is -0.374 e. The van der Waals surface area contributed by atoms with Gasteiger partial charge in [0.2, 0.25) is 0 Å². The van der Waals surface area contributed by atoms with E-state index in [2.05, 4.69) is 37.1 Å². The topological polar surface area (TPSA) is 3.24 Å². The Morgan fingerprint density at radius 1 is 1.42 bits per heavy atom. The van der Waals surface area contributed by atoms with E-state index in [0.29, 0.717) is 0 Å². The van der Waals surface area contributed by atoms with Gasteiger partial charge in [-0.05, 0) is 30.0 Å². The summed E-state index contributed by atoms with van der Waals surface area (Å²) in [5.74, 6) is 0. The Bertz CT molecular complexity index is 291. The molecule has 1 aromatic rings. The van der Waals surface area contributed by atoms with Gasteiger partial charge in [-0.1, -0.05) is 19.1 Å². The maximum atomic E-state index is 2.34. The third kappa shape index (κ3) is 1.09. The molecule has 0 saturated carbocycles. The van der Waals surface area contributed by atoms with E-state index in [-0.39, 0.29) is 0 Å². The maximum Gasteiger partial charge on any atom is 0.0399 e. The van der Waals surface area contributed by atoms with Gasteiger partial charge in [0, 0.05) is 19.3 Å². The zero-order valence-electron chi connectivity index (χ0n) is 7.80. The van der Waals surface area contributed by atoms with Crippen LogP contribution in [0.5, 0.6) is 0 Å². The Hall–Kier alpha value is -0.980. The molecule has 1 aliphatic heterocycles. The van der Waals surface area contributed by atoms with Gasteiger partial charge < -0.3 is 4.90 Å². The fraction of sp³-hybridized carbons (Fsp3) is 0.455. The number of benzene rings is 1. The van der Waals surface area contributed by atoms with Crippen LogP contribution in [0.3, 0.4) is 0 Å². The lowest BCUT2D eigenvalue weighted by Gasteiger charge is -2.12. The minimum absolute atomic E-state index is 1.14. The molecule has 0 atom stereocenters. The summed E-state index contributed by atoms with van der Waals surface area (Å²) in [7, 11) is 2.17. The maximum absolute atomic E-state index is 2.34. The van der Waals surface area contributed by atoms with Gasteiger partial charge >= 0.3 is 0 Å². The lowest BCUT2D eigenvalue weighted by atomic mass is 10.1. The number of hydrogen-bond donors (Lipinski definition) is 0. The number of fused-ring (bicyclic) bond motifs is 1. The second-order valence-corrected chi connectivity index (χ2v) is 3.49.